The van der Waals surface area contributed by atoms with Gasteiger partial charge >= 0.3 is 27.8 Å². The molecule has 0 spiro atoms. The minimum Gasteiger partial charge on any atom is -0.444 e. The summed E-state index contributed by atoms with van der Waals surface area (Å²) >= 11 is 6.14. The van der Waals surface area contributed by atoms with Crippen LogP contribution in [0.3, 0.4) is 0 Å². The van der Waals surface area contributed by atoms with Crippen LogP contribution in [0.2, 0.25) is 0 Å². The first-order valence-corrected chi connectivity index (χ1v) is 20.0. The Balaban J connectivity index is 0.000000279. The molecule has 0 aromatic carbocycles. The molecule has 2 aromatic rings. The second-order valence-electron chi connectivity index (χ2n) is 14.8. The van der Waals surface area contributed by atoms with Crippen LogP contribution in [0.25, 0.3) is 0 Å². The fraction of sp³-hybridized carbons (Fsp3) is 0.758. The lowest BCUT2D eigenvalue weighted by molar-refractivity contribution is -0.0502. The average molecular weight is 801 g/mol. The summed E-state index contributed by atoms with van der Waals surface area (Å²) < 4.78 is 74.4. The second-order valence-corrected chi connectivity index (χ2v) is 17.7. The van der Waals surface area contributed by atoms with Crippen molar-refractivity contribution in [1.82, 2.24) is 29.4 Å². The highest BCUT2D eigenvalue weighted by atomic mass is 32.2. The number of piperidine rings is 2. The van der Waals surface area contributed by atoms with Gasteiger partial charge in [-0.25, -0.2) is 14.3 Å². The van der Waals surface area contributed by atoms with Crippen molar-refractivity contribution in [3.8, 4) is 5.88 Å². The Labute approximate surface area is 315 Å². The lowest BCUT2D eigenvalue weighted by Crippen LogP contribution is -2.42. The van der Waals surface area contributed by atoms with Crippen LogP contribution in [0.1, 0.15) is 78.6 Å². The number of hydrogen-bond donors (Lipinski definition) is 1. The van der Waals surface area contributed by atoms with Crippen molar-refractivity contribution in [2.24, 2.45) is 25.9 Å². The zero-order valence-electron chi connectivity index (χ0n) is 31.8. The lowest BCUT2D eigenvalue weighted by atomic mass is 9.99. The normalized spacial score (nSPS) is 16.3. The van der Waals surface area contributed by atoms with Gasteiger partial charge in [-0.1, -0.05) is 0 Å². The molecule has 2 amide bonds. The summed E-state index contributed by atoms with van der Waals surface area (Å²) in [6.07, 6.45) is 3.82. The first kappa shape index (κ1) is 45.4. The molecule has 2 aliphatic rings. The molecule has 0 radical (unpaired) electrons. The number of amides is 2. The summed E-state index contributed by atoms with van der Waals surface area (Å²) in [7, 11) is -2.36. The van der Waals surface area contributed by atoms with Gasteiger partial charge in [-0.15, -0.1) is 11.8 Å². The fourth-order valence-corrected chi connectivity index (χ4v) is 7.04. The van der Waals surface area contributed by atoms with Gasteiger partial charge in [-0.2, -0.15) is 44.4 Å². The fourth-order valence-electron chi connectivity index (χ4n) is 4.98. The molecule has 0 unspecified atom stereocenters. The van der Waals surface area contributed by atoms with E-state index in [4.69, 9.17) is 9.47 Å². The number of thioether (sulfide) groups is 1. The second kappa shape index (κ2) is 19.0. The molecule has 19 heteroatoms. The highest BCUT2D eigenvalue weighted by molar-refractivity contribution is 7.99. The third kappa shape index (κ3) is 15.7. The van der Waals surface area contributed by atoms with Crippen molar-refractivity contribution in [2.75, 3.05) is 37.7 Å². The standard InChI is InChI=1S/C16H27N3O2S.C11H21NO2S.C6H7F3N2O3S/c1-12-10-14(18(5)17-12)22-11-13-6-8-19(9-7-13)15(20)21-16(2,3)4;1-11(2,3)14-10(13)12-6-4-9(8-15)5-7-12;1-4-3-5(11(2)10-4)14-15(12,13)6(7,8)9/h10,13H,6-9,11H2,1-5H3;9,15H,4-8H2,1-3H3;3H,1-2H3. The van der Waals surface area contributed by atoms with Gasteiger partial charge in [0.15, 0.2) is 0 Å². The molecular formula is C33H55F3N6O7S3. The number of rotatable bonds is 6. The van der Waals surface area contributed by atoms with E-state index in [1.165, 1.54) is 19.0 Å². The van der Waals surface area contributed by atoms with Gasteiger partial charge in [0, 0.05) is 52.1 Å². The number of aromatic nitrogens is 4. The van der Waals surface area contributed by atoms with E-state index < -0.39 is 32.7 Å². The third-order valence-electron chi connectivity index (χ3n) is 7.65. The topological polar surface area (TPSA) is 138 Å². The molecule has 0 N–H and O–H groups in total. The maximum atomic E-state index is 12.0. The van der Waals surface area contributed by atoms with Crippen molar-refractivity contribution in [3.63, 3.8) is 0 Å². The van der Waals surface area contributed by atoms with Crippen LogP contribution in [0.4, 0.5) is 22.8 Å². The smallest absolute Gasteiger partial charge is 0.444 e. The summed E-state index contributed by atoms with van der Waals surface area (Å²) in [6, 6.07) is 3.21. The van der Waals surface area contributed by atoms with Crippen LogP contribution in [0.5, 0.6) is 5.88 Å². The number of aryl methyl sites for hydroxylation is 4. The number of carbonyl (C=O) groups excluding carboxylic acids is 2. The first-order valence-electron chi connectivity index (χ1n) is 17.0. The molecule has 0 atom stereocenters. The molecule has 4 rings (SSSR count). The Hall–Kier alpha value is -2.80. The van der Waals surface area contributed by atoms with Gasteiger partial charge in [0.05, 0.1) is 16.4 Å². The maximum absolute atomic E-state index is 12.0. The largest absolute Gasteiger partial charge is 0.534 e. The quantitative estimate of drug-likeness (QED) is 0.141. The number of thiol groups is 1. The maximum Gasteiger partial charge on any atom is 0.534 e. The summed E-state index contributed by atoms with van der Waals surface area (Å²) in [6.45, 7) is 18.1. The summed E-state index contributed by atoms with van der Waals surface area (Å²) in [5.74, 6) is 2.83. The number of nitrogens with zero attached hydrogens (tertiary/aromatic N) is 6. The lowest BCUT2D eigenvalue weighted by Gasteiger charge is -2.33. The number of alkyl halides is 3. The number of hydrogen-bond acceptors (Lipinski definition) is 11. The summed E-state index contributed by atoms with van der Waals surface area (Å²) in [5, 5.41) is 9.22. The molecule has 0 aliphatic carbocycles. The van der Waals surface area contributed by atoms with Crippen LogP contribution in [-0.2, 0) is 33.7 Å². The SMILES string of the molecule is CC(C)(C)OC(=O)N1CCC(CS)CC1.Cc1cc(OS(=O)(=O)C(F)(F)F)n(C)n1.Cc1cc(SCC2CCN(C(=O)OC(C)(C)C)CC2)n(C)n1. The molecule has 0 saturated carbocycles. The molecule has 13 nitrogen and oxygen atoms in total. The molecule has 2 aromatic heterocycles. The minimum atomic E-state index is -5.62. The van der Waals surface area contributed by atoms with Crippen molar-refractivity contribution < 1.29 is 44.8 Å². The predicted octanol–water partition coefficient (Wildman–Crippen LogP) is 6.99. The van der Waals surface area contributed by atoms with E-state index in [1.54, 1.807) is 4.90 Å². The Morgan fingerprint density at radius 1 is 0.808 bits per heavy atom. The molecule has 2 saturated heterocycles. The highest BCUT2D eigenvalue weighted by Crippen LogP contribution is 2.28. The monoisotopic (exact) mass is 800 g/mol. The van der Waals surface area contributed by atoms with Crippen LogP contribution in [0.15, 0.2) is 17.2 Å². The van der Waals surface area contributed by atoms with Crippen LogP contribution in [-0.4, -0.2) is 104 Å². The minimum absolute atomic E-state index is 0.180. The van der Waals surface area contributed by atoms with Crippen LogP contribution < -0.4 is 4.18 Å². The van der Waals surface area contributed by atoms with Gasteiger partial charge in [-0.05, 0) is 105 Å². The van der Waals surface area contributed by atoms with Gasteiger partial charge in [0.25, 0.3) is 0 Å². The van der Waals surface area contributed by atoms with E-state index >= 15 is 0 Å². The molecule has 4 heterocycles. The van der Waals surface area contributed by atoms with Gasteiger partial charge < -0.3 is 23.5 Å². The zero-order chi connectivity index (χ0) is 39.7. The number of carbonyl (C=O) groups is 2. The zero-order valence-corrected chi connectivity index (χ0v) is 34.3. The molecule has 298 valence electrons. The summed E-state index contributed by atoms with van der Waals surface area (Å²) in [5.41, 5.74) is -4.83. The molecule has 2 fully saturated rings. The molecule has 52 heavy (non-hydrogen) atoms. The Kier molecular flexibility index (Phi) is 16.6. The Morgan fingerprint density at radius 3 is 1.58 bits per heavy atom. The number of ether oxygens (including phenoxy) is 2. The van der Waals surface area contributed by atoms with Crippen LogP contribution in [0, 0.1) is 25.7 Å². The van der Waals surface area contributed by atoms with E-state index in [0.717, 1.165) is 79.8 Å². The van der Waals surface area contributed by atoms with E-state index in [2.05, 4.69) is 33.1 Å². The number of likely N-dealkylation sites (tertiary alicyclic amines) is 2. The van der Waals surface area contributed by atoms with Crippen molar-refractivity contribution in [2.45, 2.75) is 103 Å². The van der Waals surface area contributed by atoms with Crippen LogP contribution >= 0.6 is 24.4 Å². The molecule has 0 bridgehead atoms. The van der Waals surface area contributed by atoms with E-state index in [9.17, 15) is 31.2 Å². The van der Waals surface area contributed by atoms with Gasteiger partial charge in [-0.3, -0.25) is 4.68 Å². The van der Waals surface area contributed by atoms with E-state index in [0.29, 0.717) is 17.5 Å². The average Bonchev–Trinajstić information content (AvgIpc) is 3.51. The van der Waals surface area contributed by atoms with Crippen molar-refractivity contribution >= 4 is 46.7 Å². The van der Waals surface area contributed by atoms with Gasteiger partial charge in [0.2, 0.25) is 5.88 Å². The summed E-state index contributed by atoms with van der Waals surface area (Å²) in [4.78, 5) is 27.4. The third-order valence-corrected chi connectivity index (χ3v) is 10.4. The highest BCUT2D eigenvalue weighted by Gasteiger charge is 2.49. The first-order chi connectivity index (χ1) is 23.8. The van der Waals surface area contributed by atoms with Crippen molar-refractivity contribution in [3.05, 3.63) is 23.5 Å². The molecule has 2 aliphatic heterocycles. The van der Waals surface area contributed by atoms with Gasteiger partial charge in [0.1, 0.15) is 11.2 Å². The predicted molar refractivity (Wildman–Crippen MR) is 197 cm³/mol. The van der Waals surface area contributed by atoms with E-state index in [-0.39, 0.29) is 12.2 Å². The Bertz CT molecular complexity index is 1550. The van der Waals surface area contributed by atoms with Crippen molar-refractivity contribution in [1.29, 1.82) is 0 Å². The Morgan fingerprint density at radius 2 is 1.23 bits per heavy atom. The van der Waals surface area contributed by atoms with E-state index in [1.807, 2.05) is 76.9 Å². The molecular weight excluding hydrogens is 746 g/mol. The number of halogens is 3.